The number of rotatable bonds is 5. The summed E-state index contributed by atoms with van der Waals surface area (Å²) in [6, 6.07) is 3.46. The third kappa shape index (κ3) is 2.97. The van der Waals surface area contributed by atoms with E-state index in [1.807, 2.05) is 0 Å². The van der Waals surface area contributed by atoms with Crippen molar-refractivity contribution in [2.75, 3.05) is 20.3 Å². The van der Waals surface area contributed by atoms with Gasteiger partial charge in [-0.3, -0.25) is 0 Å². The monoisotopic (exact) mass is 224 g/mol. The molecular formula is C12H16O4. The number of methoxy groups -OCH3 is 1. The maximum atomic E-state index is 11.0. The number of carboxylic acid groups (broad SMARTS) is 1. The lowest BCUT2D eigenvalue weighted by molar-refractivity contribution is 0.0695. The molecule has 0 spiro atoms. The molecule has 1 aromatic rings. The topological polar surface area (TPSA) is 55.8 Å². The molecule has 0 fully saturated rings. The van der Waals surface area contributed by atoms with E-state index in [0.717, 1.165) is 0 Å². The van der Waals surface area contributed by atoms with Crippen LogP contribution in [0.4, 0.5) is 0 Å². The number of hydrogen-bond acceptors (Lipinski definition) is 3. The normalized spacial score (nSPS) is 10.2. The minimum atomic E-state index is -0.904. The number of ether oxygens (including phenoxy) is 2. The molecule has 0 unspecified atom stereocenters. The number of carboxylic acids is 1. The van der Waals surface area contributed by atoms with Crippen molar-refractivity contribution in [1.29, 1.82) is 0 Å². The van der Waals surface area contributed by atoms with Crippen LogP contribution >= 0.6 is 0 Å². The molecule has 1 rings (SSSR count). The smallest absolute Gasteiger partial charge is 0.336 e. The Balaban J connectivity index is 2.87. The molecule has 0 aliphatic carbocycles. The molecular weight excluding hydrogens is 208 g/mol. The van der Waals surface area contributed by atoms with Gasteiger partial charge in [0.1, 0.15) is 12.4 Å². The van der Waals surface area contributed by atoms with Crippen LogP contribution in [0.3, 0.4) is 0 Å². The van der Waals surface area contributed by atoms with E-state index in [1.165, 1.54) is 0 Å². The fourth-order valence-corrected chi connectivity index (χ4v) is 1.59. The minimum Gasteiger partial charge on any atom is -0.491 e. The Hall–Kier alpha value is -1.55. The predicted molar refractivity (Wildman–Crippen MR) is 60.2 cm³/mol. The van der Waals surface area contributed by atoms with E-state index in [4.69, 9.17) is 14.6 Å². The third-order valence-electron chi connectivity index (χ3n) is 2.28. The van der Waals surface area contributed by atoms with Crippen LogP contribution in [-0.2, 0) is 4.74 Å². The summed E-state index contributed by atoms with van der Waals surface area (Å²) in [5, 5.41) is 8.99. The van der Waals surface area contributed by atoms with Crippen molar-refractivity contribution in [3.8, 4) is 5.75 Å². The van der Waals surface area contributed by atoms with Crippen LogP contribution in [0.1, 0.15) is 21.5 Å². The standard InChI is InChI=1S/C12H16O4/c1-8-6-10(16-5-4-15-3)7-9(2)11(8)12(13)14/h6-7H,4-5H2,1-3H3,(H,13,14). The van der Waals surface area contributed by atoms with Crippen LogP contribution in [0.25, 0.3) is 0 Å². The van der Waals surface area contributed by atoms with Gasteiger partial charge in [0.05, 0.1) is 12.2 Å². The van der Waals surface area contributed by atoms with Crippen LogP contribution < -0.4 is 4.74 Å². The Labute approximate surface area is 94.8 Å². The van der Waals surface area contributed by atoms with E-state index in [0.29, 0.717) is 35.7 Å². The number of aromatic carboxylic acids is 1. The van der Waals surface area contributed by atoms with Gasteiger partial charge >= 0.3 is 5.97 Å². The largest absolute Gasteiger partial charge is 0.491 e. The van der Waals surface area contributed by atoms with Crippen LogP contribution in [0.5, 0.6) is 5.75 Å². The zero-order valence-electron chi connectivity index (χ0n) is 9.74. The van der Waals surface area contributed by atoms with Gasteiger partial charge in [-0.1, -0.05) is 0 Å². The molecule has 0 aliphatic rings. The molecule has 0 saturated carbocycles. The van der Waals surface area contributed by atoms with Crippen molar-refractivity contribution in [3.05, 3.63) is 28.8 Å². The summed E-state index contributed by atoms with van der Waals surface area (Å²) in [6.45, 7) is 4.50. The maximum Gasteiger partial charge on any atom is 0.336 e. The highest BCUT2D eigenvalue weighted by Crippen LogP contribution is 2.21. The van der Waals surface area contributed by atoms with Crippen LogP contribution in [0.15, 0.2) is 12.1 Å². The minimum absolute atomic E-state index is 0.346. The van der Waals surface area contributed by atoms with Gasteiger partial charge < -0.3 is 14.6 Å². The zero-order valence-corrected chi connectivity index (χ0v) is 9.74. The van der Waals surface area contributed by atoms with Crippen molar-refractivity contribution in [2.45, 2.75) is 13.8 Å². The summed E-state index contributed by atoms with van der Waals surface area (Å²) >= 11 is 0. The first-order valence-corrected chi connectivity index (χ1v) is 5.02. The third-order valence-corrected chi connectivity index (χ3v) is 2.28. The van der Waals surface area contributed by atoms with E-state index >= 15 is 0 Å². The van der Waals surface area contributed by atoms with E-state index in [1.54, 1.807) is 33.1 Å². The Morgan fingerprint density at radius 2 is 1.81 bits per heavy atom. The predicted octanol–water partition coefficient (Wildman–Crippen LogP) is 2.03. The number of benzene rings is 1. The highest BCUT2D eigenvalue weighted by molar-refractivity contribution is 5.91. The Morgan fingerprint density at radius 3 is 2.25 bits per heavy atom. The van der Waals surface area contributed by atoms with Crippen molar-refractivity contribution < 1.29 is 19.4 Å². The molecule has 0 bridgehead atoms. The SMILES string of the molecule is COCCOc1cc(C)c(C(=O)O)c(C)c1. The van der Waals surface area contributed by atoms with E-state index in [-0.39, 0.29) is 0 Å². The summed E-state index contributed by atoms with van der Waals surface area (Å²) in [5.74, 6) is -0.226. The first-order chi connectivity index (χ1) is 7.56. The van der Waals surface area contributed by atoms with Gasteiger partial charge in [-0.25, -0.2) is 4.79 Å². The average molecular weight is 224 g/mol. The van der Waals surface area contributed by atoms with Crippen molar-refractivity contribution in [3.63, 3.8) is 0 Å². The number of hydrogen-bond donors (Lipinski definition) is 1. The van der Waals surface area contributed by atoms with Crippen LogP contribution in [0.2, 0.25) is 0 Å². The fourth-order valence-electron chi connectivity index (χ4n) is 1.59. The van der Waals surface area contributed by atoms with Gasteiger partial charge in [0.25, 0.3) is 0 Å². The summed E-state index contributed by atoms with van der Waals surface area (Å²) < 4.78 is 10.3. The van der Waals surface area contributed by atoms with Crippen molar-refractivity contribution in [1.82, 2.24) is 0 Å². The quantitative estimate of drug-likeness (QED) is 0.777. The molecule has 0 radical (unpaired) electrons. The Morgan fingerprint density at radius 1 is 1.25 bits per heavy atom. The molecule has 1 N–H and O–H groups in total. The van der Waals surface area contributed by atoms with Gasteiger partial charge in [-0.2, -0.15) is 0 Å². The molecule has 0 saturated heterocycles. The maximum absolute atomic E-state index is 11.0. The summed E-state index contributed by atoms with van der Waals surface area (Å²) in [7, 11) is 1.60. The van der Waals surface area contributed by atoms with Crippen LogP contribution in [0, 0.1) is 13.8 Å². The lowest BCUT2D eigenvalue weighted by Gasteiger charge is -2.10. The van der Waals surface area contributed by atoms with Gasteiger partial charge in [0.2, 0.25) is 0 Å². The molecule has 0 amide bonds. The van der Waals surface area contributed by atoms with E-state index < -0.39 is 5.97 Å². The summed E-state index contributed by atoms with van der Waals surface area (Å²) in [4.78, 5) is 11.0. The number of aryl methyl sites for hydroxylation is 2. The molecule has 0 aliphatic heterocycles. The van der Waals surface area contributed by atoms with Crippen molar-refractivity contribution in [2.24, 2.45) is 0 Å². The lowest BCUT2D eigenvalue weighted by atomic mass is 10.0. The van der Waals surface area contributed by atoms with Crippen molar-refractivity contribution >= 4 is 5.97 Å². The highest BCUT2D eigenvalue weighted by atomic mass is 16.5. The van der Waals surface area contributed by atoms with Crippen LogP contribution in [-0.4, -0.2) is 31.4 Å². The van der Waals surface area contributed by atoms with E-state index in [2.05, 4.69) is 0 Å². The first-order valence-electron chi connectivity index (χ1n) is 5.02. The fraction of sp³-hybridized carbons (Fsp3) is 0.417. The Bertz CT molecular complexity index is 362. The average Bonchev–Trinajstić information content (AvgIpc) is 2.16. The second-order valence-corrected chi connectivity index (χ2v) is 3.58. The molecule has 16 heavy (non-hydrogen) atoms. The Kier molecular flexibility index (Phi) is 4.31. The van der Waals surface area contributed by atoms with Gasteiger partial charge in [-0.15, -0.1) is 0 Å². The first kappa shape index (κ1) is 12.5. The molecule has 1 aromatic carbocycles. The highest BCUT2D eigenvalue weighted by Gasteiger charge is 2.12. The van der Waals surface area contributed by atoms with Gasteiger partial charge in [0.15, 0.2) is 0 Å². The molecule has 4 nitrogen and oxygen atoms in total. The summed E-state index contributed by atoms with van der Waals surface area (Å²) in [5.41, 5.74) is 1.76. The zero-order chi connectivity index (χ0) is 12.1. The molecule has 4 heteroatoms. The molecule has 0 aromatic heterocycles. The van der Waals surface area contributed by atoms with Gasteiger partial charge in [0, 0.05) is 7.11 Å². The second kappa shape index (κ2) is 5.51. The lowest BCUT2D eigenvalue weighted by Crippen LogP contribution is -2.07. The van der Waals surface area contributed by atoms with Gasteiger partial charge in [-0.05, 0) is 37.1 Å². The molecule has 0 atom stereocenters. The number of carbonyl (C=O) groups is 1. The summed E-state index contributed by atoms with van der Waals surface area (Å²) in [6.07, 6.45) is 0. The molecule has 0 heterocycles. The van der Waals surface area contributed by atoms with E-state index in [9.17, 15) is 4.79 Å². The second-order valence-electron chi connectivity index (χ2n) is 3.58. The molecule has 88 valence electrons.